The number of hydrogen-bond acceptors (Lipinski definition) is 4. The van der Waals surface area contributed by atoms with E-state index in [1.807, 2.05) is 13.8 Å². The largest absolute Gasteiger partial charge is 0.388 e. The first-order valence-corrected chi connectivity index (χ1v) is 7.05. The number of carbonyl (C=O) groups is 1. The molecule has 112 valence electrons. The molecule has 0 radical (unpaired) electrons. The second kappa shape index (κ2) is 6.49. The van der Waals surface area contributed by atoms with Crippen LogP contribution in [-0.4, -0.2) is 38.2 Å². The zero-order valence-electron chi connectivity index (χ0n) is 12.3. The highest BCUT2D eigenvalue weighted by Gasteiger charge is 2.22. The summed E-state index contributed by atoms with van der Waals surface area (Å²) >= 11 is 0. The lowest BCUT2D eigenvalue weighted by Gasteiger charge is -2.25. The number of hydrogen-bond donors (Lipinski definition) is 2. The van der Waals surface area contributed by atoms with Crippen molar-refractivity contribution in [2.45, 2.75) is 32.3 Å². The molecule has 0 unspecified atom stereocenters. The third kappa shape index (κ3) is 3.66. The lowest BCUT2D eigenvalue weighted by Crippen LogP contribution is -2.42. The van der Waals surface area contributed by atoms with Crippen LogP contribution in [0.25, 0.3) is 5.69 Å². The molecule has 2 rings (SSSR count). The van der Waals surface area contributed by atoms with Crippen molar-refractivity contribution < 1.29 is 9.90 Å². The van der Waals surface area contributed by atoms with Crippen molar-refractivity contribution in [3.63, 3.8) is 0 Å². The SMILES string of the molecule is CCC(O)(CC)CNC(=O)c1ccc(-n2ccnn2)cc1. The van der Waals surface area contributed by atoms with Gasteiger partial charge >= 0.3 is 0 Å². The predicted octanol–water partition coefficient (Wildman–Crippen LogP) is 1.55. The molecule has 0 saturated heterocycles. The van der Waals surface area contributed by atoms with Crippen LogP contribution in [-0.2, 0) is 0 Å². The molecule has 0 fully saturated rings. The molecule has 21 heavy (non-hydrogen) atoms. The number of aliphatic hydroxyl groups is 1. The van der Waals surface area contributed by atoms with Gasteiger partial charge in [0.1, 0.15) is 0 Å². The topological polar surface area (TPSA) is 80.0 Å². The van der Waals surface area contributed by atoms with E-state index >= 15 is 0 Å². The number of benzene rings is 1. The molecule has 0 bridgehead atoms. The molecule has 1 aromatic carbocycles. The second-order valence-electron chi connectivity index (χ2n) is 5.01. The number of carbonyl (C=O) groups excluding carboxylic acids is 1. The normalized spacial score (nSPS) is 11.4. The zero-order chi connectivity index (χ0) is 15.3. The van der Waals surface area contributed by atoms with Gasteiger partial charge in [0.15, 0.2) is 0 Å². The summed E-state index contributed by atoms with van der Waals surface area (Å²) in [5, 5.41) is 20.6. The van der Waals surface area contributed by atoms with Crippen molar-refractivity contribution in [1.82, 2.24) is 20.3 Å². The molecule has 0 aliphatic carbocycles. The number of nitrogens with one attached hydrogen (secondary N) is 1. The Morgan fingerprint density at radius 2 is 1.95 bits per heavy atom. The average Bonchev–Trinajstić information content (AvgIpc) is 3.07. The maximum Gasteiger partial charge on any atom is 0.251 e. The Hall–Kier alpha value is -2.21. The Balaban J connectivity index is 2.00. The van der Waals surface area contributed by atoms with E-state index in [9.17, 15) is 9.90 Å². The third-order valence-corrected chi connectivity index (χ3v) is 3.71. The summed E-state index contributed by atoms with van der Waals surface area (Å²) in [5.74, 6) is -0.194. The minimum atomic E-state index is -0.837. The number of aromatic nitrogens is 3. The van der Waals surface area contributed by atoms with Gasteiger partial charge in [-0.25, -0.2) is 4.68 Å². The molecule has 0 saturated carbocycles. The molecule has 1 amide bonds. The van der Waals surface area contributed by atoms with Gasteiger partial charge in [0.25, 0.3) is 5.91 Å². The first-order chi connectivity index (χ1) is 10.1. The van der Waals surface area contributed by atoms with Crippen LogP contribution in [0.3, 0.4) is 0 Å². The van der Waals surface area contributed by atoms with Crippen molar-refractivity contribution in [2.75, 3.05) is 6.54 Å². The van der Waals surface area contributed by atoms with Crippen molar-refractivity contribution in [3.8, 4) is 5.69 Å². The Labute approximate surface area is 123 Å². The van der Waals surface area contributed by atoms with Gasteiger partial charge in [-0.05, 0) is 37.1 Å². The van der Waals surface area contributed by atoms with Crippen molar-refractivity contribution in [3.05, 3.63) is 42.2 Å². The summed E-state index contributed by atoms with van der Waals surface area (Å²) in [4.78, 5) is 12.1. The minimum Gasteiger partial charge on any atom is -0.388 e. The van der Waals surface area contributed by atoms with E-state index in [1.54, 1.807) is 41.3 Å². The second-order valence-corrected chi connectivity index (χ2v) is 5.01. The summed E-state index contributed by atoms with van der Waals surface area (Å²) in [6, 6.07) is 7.05. The van der Waals surface area contributed by atoms with Crippen LogP contribution in [0, 0.1) is 0 Å². The van der Waals surface area contributed by atoms with Gasteiger partial charge < -0.3 is 10.4 Å². The Morgan fingerprint density at radius 3 is 2.48 bits per heavy atom. The molecule has 1 heterocycles. The monoisotopic (exact) mass is 288 g/mol. The Bertz CT molecular complexity index is 574. The number of nitrogens with zero attached hydrogens (tertiary/aromatic N) is 3. The fraction of sp³-hybridized carbons (Fsp3) is 0.400. The van der Waals surface area contributed by atoms with Crippen molar-refractivity contribution >= 4 is 5.91 Å². The fourth-order valence-corrected chi connectivity index (χ4v) is 1.96. The van der Waals surface area contributed by atoms with Crippen LogP contribution in [0.1, 0.15) is 37.0 Å². The molecule has 0 aliphatic heterocycles. The highest BCUT2D eigenvalue weighted by atomic mass is 16.3. The standard InChI is InChI=1S/C15H20N4O2/c1-3-15(21,4-2)11-16-14(20)12-5-7-13(8-6-12)19-10-9-17-18-19/h5-10,21H,3-4,11H2,1-2H3,(H,16,20). The maximum absolute atomic E-state index is 12.1. The van der Waals surface area contributed by atoms with Crippen molar-refractivity contribution in [1.29, 1.82) is 0 Å². The van der Waals surface area contributed by atoms with E-state index < -0.39 is 5.60 Å². The molecule has 2 aromatic rings. The van der Waals surface area contributed by atoms with Crippen LogP contribution in [0.15, 0.2) is 36.7 Å². The van der Waals surface area contributed by atoms with Crippen LogP contribution >= 0.6 is 0 Å². The fourth-order valence-electron chi connectivity index (χ4n) is 1.96. The lowest BCUT2D eigenvalue weighted by atomic mass is 9.97. The third-order valence-electron chi connectivity index (χ3n) is 3.71. The Morgan fingerprint density at radius 1 is 1.29 bits per heavy atom. The van der Waals surface area contributed by atoms with Gasteiger partial charge in [-0.2, -0.15) is 0 Å². The molecule has 0 atom stereocenters. The maximum atomic E-state index is 12.1. The summed E-state index contributed by atoms with van der Waals surface area (Å²) < 4.78 is 1.62. The summed E-state index contributed by atoms with van der Waals surface area (Å²) in [6.45, 7) is 4.06. The smallest absolute Gasteiger partial charge is 0.251 e. The summed E-state index contributed by atoms with van der Waals surface area (Å²) in [6.07, 6.45) is 4.54. The van der Waals surface area contributed by atoms with Crippen molar-refractivity contribution in [2.24, 2.45) is 0 Å². The average molecular weight is 288 g/mol. The molecule has 6 nitrogen and oxygen atoms in total. The van der Waals surface area contributed by atoms with E-state index in [4.69, 9.17) is 0 Å². The van der Waals surface area contributed by atoms with Crippen LogP contribution in [0.2, 0.25) is 0 Å². The van der Waals surface area contributed by atoms with Gasteiger partial charge in [-0.1, -0.05) is 19.1 Å². The number of rotatable bonds is 6. The quantitative estimate of drug-likeness (QED) is 0.845. The van der Waals surface area contributed by atoms with E-state index in [0.29, 0.717) is 18.4 Å². The zero-order valence-corrected chi connectivity index (χ0v) is 12.3. The summed E-state index contributed by atoms with van der Waals surface area (Å²) in [5.41, 5.74) is 0.548. The van der Waals surface area contributed by atoms with Crippen LogP contribution in [0.4, 0.5) is 0 Å². The van der Waals surface area contributed by atoms with E-state index in [-0.39, 0.29) is 12.5 Å². The van der Waals surface area contributed by atoms with Crippen LogP contribution in [0.5, 0.6) is 0 Å². The van der Waals surface area contributed by atoms with Gasteiger partial charge in [0.05, 0.1) is 23.7 Å². The minimum absolute atomic E-state index is 0.194. The van der Waals surface area contributed by atoms with Gasteiger partial charge in [-0.15, -0.1) is 5.10 Å². The van der Waals surface area contributed by atoms with E-state index in [2.05, 4.69) is 15.6 Å². The van der Waals surface area contributed by atoms with Crippen LogP contribution < -0.4 is 5.32 Å². The lowest BCUT2D eigenvalue weighted by molar-refractivity contribution is 0.0314. The predicted molar refractivity (Wildman–Crippen MR) is 79.2 cm³/mol. The van der Waals surface area contributed by atoms with E-state index in [1.165, 1.54) is 0 Å². The molecule has 0 spiro atoms. The molecular formula is C15H20N4O2. The van der Waals surface area contributed by atoms with Gasteiger partial charge in [0.2, 0.25) is 0 Å². The first-order valence-electron chi connectivity index (χ1n) is 7.05. The molecule has 0 aliphatic rings. The van der Waals surface area contributed by atoms with E-state index in [0.717, 1.165) is 5.69 Å². The number of amides is 1. The Kier molecular flexibility index (Phi) is 4.70. The highest BCUT2D eigenvalue weighted by Crippen LogP contribution is 2.13. The molecule has 1 aromatic heterocycles. The first kappa shape index (κ1) is 15.2. The van der Waals surface area contributed by atoms with Gasteiger partial charge in [-0.3, -0.25) is 4.79 Å². The molecule has 2 N–H and O–H groups in total. The van der Waals surface area contributed by atoms with Gasteiger partial charge in [0, 0.05) is 12.1 Å². The molecular weight excluding hydrogens is 268 g/mol. The summed E-state index contributed by atoms with van der Waals surface area (Å²) in [7, 11) is 0. The molecule has 6 heteroatoms. The highest BCUT2D eigenvalue weighted by molar-refractivity contribution is 5.94.